The van der Waals surface area contributed by atoms with E-state index >= 15 is 0 Å². The lowest BCUT2D eigenvalue weighted by molar-refractivity contribution is -0.121. The van der Waals surface area contributed by atoms with Crippen LogP contribution < -0.4 is 5.32 Å². The van der Waals surface area contributed by atoms with Crippen molar-refractivity contribution in [2.75, 3.05) is 0 Å². The maximum atomic E-state index is 12.4. The average Bonchev–Trinajstić information content (AvgIpc) is 2.54. The van der Waals surface area contributed by atoms with Crippen LogP contribution in [0.5, 0.6) is 0 Å². The molecule has 1 N–H and O–H groups in total. The summed E-state index contributed by atoms with van der Waals surface area (Å²) in [6.45, 7) is 4.32. The fourth-order valence-electron chi connectivity index (χ4n) is 2.71. The summed E-state index contributed by atoms with van der Waals surface area (Å²) in [7, 11) is 0. The minimum Gasteiger partial charge on any atom is -0.349 e. The molecule has 0 spiro atoms. The second-order valence-corrected chi connectivity index (χ2v) is 7.17. The number of amides is 1. The SMILES string of the molecule is CC(C)C[C@H](NC(=O)CCc1c(Cl)cccc1Cl)c1ccccc1. The van der Waals surface area contributed by atoms with Crippen LogP contribution >= 0.6 is 23.2 Å². The number of halogens is 2. The number of benzene rings is 2. The molecular formula is C20H23Cl2NO. The van der Waals surface area contributed by atoms with E-state index in [9.17, 15) is 4.79 Å². The Morgan fingerprint density at radius 3 is 2.21 bits per heavy atom. The van der Waals surface area contributed by atoms with Crippen LogP contribution in [-0.4, -0.2) is 5.91 Å². The van der Waals surface area contributed by atoms with Crippen molar-refractivity contribution in [3.05, 3.63) is 69.7 Å². The molecule has 0 aliphatic carbocycles. The summed E-state index contributed by atoms with van der Waals surface area (Å²) in [5.74, 6) is 0.508. The zero-order valence-corrected chi connectivity index (χ0v) is 15.6. The van der Waals surface area contributed by atoms with Crippen molar-refractivity contribution in [1.82, 2.24) is 5.32 Å². The lowest BCUT2D eigenvalue weighted by Gasteiger charge is -2.21. The first kappa shape index (κ1) is 18.8. The van der Waals surface area contributed by atoms with Crippen LogP contribution in [0.2, 0.25) is 10.0 Å². The van der Waals surface area contributed by atoms with Gasteiger partial charge in [0.15, 0.2) is 0 Å². The fourth-order valence-corrected chi connectivity index (χ4v) is 3.30. The van der Waals surface area contributed by atoms with Gasteiger partial charge in [0.1, 0.15) is 0 Å². The molecule has 128 valence electrons. The van der Waals surface area contributed by atoms with Gasteiger partial charge in [-0.05, 0) is 42.0 Å². The molecule has 0 fully saturated rings. The zero-order valence-electron chi connectivity index (χ0n) is 14.1. The summed E-state index contributed by atoms with van der Waals surface area (Å²) in [6.07, 6.45) is 1.81. The molecule has 2 aromatic carbocycles. The third-order valence-electron chi connectivity index (χ3n) is 3.91. The maximum Gasteiger partial charge on any atom is 0.220 e. The van der Waals surface area contributed by atoms with E-state index in [2.05, 4.69) is 31.3 Å². The normalized spacial score (nSPS) is 12.2. The van der Waals surface area contributed by atoms with Gasteiger partial charge < -0.3 is 5.32 Å². The van der Waals surface area contributed by atoms with Crippen molar-refractivity contribution in [3.8, 4) is 0 Å². The smallest absolute Gasteiger partial charge is 0.220 e. The van der Waals surface area contributed by atoms with Gasteiger partial charge >= 0.3 is 0 Å². The van der Waals surface area contributed by atoms with Gasteiger partial charge in [-0.25, -0.2) is 0 Å². The Bertz CT molecular complexity index is 650. The summed E-state index contributed by atoms with van der Waals surface area (Å²) in [6, 6.07) is 15.5. The Morgan fingerprint density at radius 2 is 1.62 bits per heavy atom. The van der Waals surface area contributed by atoms with Crippen LogP contribution in [0.15, 0.2) is 48.5 Å². The molecule has 0 aliphatic heterocycles. The van der Waals surface area contributed by atoms with E-state index in [-0.39, 0.29) is 11.9 Å². The van der Waals surface area contributed by atoms with Crippen LogP contribution in [0.25, 0.3) is 0 Å². The number of rotatable bonds is 7. The highest BCUT2D eigenvalue weighted by molar-refractivity contribution is 6.36. The Morgan fingerprint density at radius 1 is 1.00 bits per heavy atom. The molecule has 0 unspecified atom stereocenters. The zero-order chi connectivity index (χ0) is 17.5. The lowest BCUT2D eigenvalue weighted by atomic mass is 9.96. The minimum atomic E-state index is 0.0143. The van der Waals surface area contributed by atoms with E-state index in [0.29, 0.717) is 28.8 Å². The number of hydrogen-bond donors (Lipinski definition) is 1. The van der Waals surface area contributed by atoms with Crippen LogP contribution in [0, 0.1) is 5.92 Å². The van der Waals surface area contributed by atoms with E-state index in [1.165, 1.54) is 0 Å². The first-order chi connectivity index (χ1) is 11.5. The van der Waals surface area contributed by atoms with Crippen LogP contribution in [-0.2, 0) is 11.2 Å². The predicted molar refractivity (Wildman–Crippen MR) is 102 cm³/mol. The van der Waals surface area contributed by atoms with E-state index in [1.54, 1.807) is 12.1 Å². The first-order valence-electron chi connectivity index (χ1n) is 8.24. The molecule has 1 atom stereocenters. The summed E-state index contributed by atoms with van der Waals surface area (Å²) >= 11 is 12.3. The van der Waals surface area contributed by atoms with E-state index in [4.69, 9.17) is 23.2 Å². The second kappa shape index (κ2) is 9.10. The third kappa shape index (κ3) is 5.54. The largest absolute Gasteiger partial charge is 0.349 e. The molecule has 2 aromatic rings. The van der Waals surface area contributed by atoms with E-state index < -0.39 is 0 Å². The fraction of sp³-hybridized carbons (Fsp3) is 0.350. The Balaban J connectivity index is 2.00. The molecule has 2 rings (SSSR count). The monoisotopic (exact) mass is 363 g/mol. The standard InChI is InChI=1S/C20H23Cl2NO/c1-14(2)13-19(15-7-4-3-5-8-15)23-20(24)12-11-16-17(21)9-6-10-18(16)22/h3-10,14,19H,11-13H2,1-2H3,(H,23,24)/t19-/m0/s1. The maximum absolute atomic E-state index is 12.4. The summed E-state index contributed by atoms with van der Waals surface area (Å²) in [5.41, 5.74) is 1.96. The van der Waals surface area contributed by atoms with E-state index in [1.807, 2.05) is 24.3 Å². The van der Waals surface area contributed by atoms with Crippen molar-refractivity contribution < 1.29 is 4.79 Å². The van der Waals surface area contributed by atoms with Crippen molar-refractivity contribution in [3.63, 3.8) is 0 Å². The molecular weight excluding hydrogens is 341 g/mol. The lowest BCUT2D eigenvalue weighted by Crippen LogP contribution is -2.29. The average molecular weight is 364 g/mol. The third-order valence-corrected chi connectivity index (χ3v) is 4.62. The molecule has 0 radical (unpaired) electrons. The number of hydrogen-bond acceptors (Lipinski definition) is 1. The van der Waals surface area contributed by atoms with Gasteiger partial charge in [0.2, 0.25) is 5.91 Å². The highest BCUT2D eigenvalue weighted by atomic mass is 35.5. The highest BCUT2D eigenvalue weighted by Gasteiger charge is 2.16. The molecule has 4 heteroatoms. The molecule has 0 aliphatic rings. The van der Waals surface area contributed by atoms with Crippen molar-refractivity contribution in [2.24, 2.45) is 5.92 Å². The second-order valence-electron chi connectivity index (χ2n) is 6.36. The Hall–Kier alpha value is -1.51. The molecule has 0 bridgehead atoms. The predicted octanol–water partition coefficient (Wildman–Crippen LogP) is 5.83. The molecule has 0 heterocycles. The number of nitrogens with one attached hydrogen (secondary N) is 1. The van der Waals surface area contributed by atoms with Gasteiger partial charge in [-0.15, -0.1) is 0 Å². The molecule has 24 heavy (non-hydrogen) atoms. The van der Waals surface area contributed by atoms with Gasteiger partial charge in [0.05, 0.1) is 6.04 Å². The van der Waals surface area contributed by atoms with Crippen LogP contribution in [0.4, 0.5) is 0 Å². The van der Waals surface area contributed by atoms with Gasteiger partial charge in [-0.2, -0.15) is 0 Å². The van der Waals surface area contributed by atoms with Gasteiger partial charge in [0, 0.05) is 16.5 Å². The topological polar surface area (TPSA) is 29.1 Å². The molecule has 0 saturated carbocycles. The minimum absolute atomic E-state index is 0.0143. The summed E-state index contributed by atoms with van der Waals surface area (Å²) < 4.78 is 0. The highest BCUT2D eigenvalue weighted by Crippen LogP contribution is 2.26. The van der Waals surface area contributed by atoms with Gasteiger partial charge in [-0.1, -0.05) is 73.4 Å². The van der Waals surface area contributed by atoms with E-state index in [0.717, 1.165) is 17.5 Å². The molecule has 0 aromatic heterocycles. The van der Waals surface area contributed by atoms with Crippen LogP contribution in [0.1, 0.15) is 43.9 Å². The van der Waals surface area contributed by atoms with Gasteiger partial charge in [0.25, 0.3) is 0 Å². The Kier molecular flexibility index (Phi) is 7.14. The molecule has 1 amide bonds. The van der Waals surface area contributed by atoms with Crippen molar-refractivity contribution in [2.45, 2.75) is 39.2 Å². The summed E-state index contributed by atoms with van der Waals surface area (Å²) in [5, 5.41) is 4.37. The molecule has 0 saturated heterocycles. The first-order valence-corrected chi connectivity index (χ1v) is 9.00. The van der Waals surface area contributed by atoms with Crippen molar-refractivity contribution >= 4 is 29.1 Å². The van der Waals surface area contributed by atoms with Gasteiger partial charge in [-0.3, -0.25) is 4.79 Å². The molecule has 2 nitrogen and oxygen atoms in total. The number of carbonyl (C=O) groups is 1. The Labute approximate surface area is 154 Å². The quantitative estimate of drug-likeness (QED) is 0.658. The van der Waals surface area contributed by atoms with Crippen LogP contribution in [0.3, 0.4) is 0 Å². The summed E-state index contributed by atoms with van der Waals surface area (Å²) in [4.78, 5) is 12.4. The number of carbonyl (C=O) groups excluding carboxylic acids is 1. The van der Waals surface area contributed by atoms with Crippen molar-refractivity contribution in [1.29, 1.82) is 0 Å².